The van der Waals surface area contributed by atoms with E-state index < -0.39 is 18.0 Å². The number of amides is 1. The number of carbonyl (C=O) groups is 2. The zero-order chi connectivity index (χ0) is 21.1. The molecule has 7 nitrogen and oxygen atoms in total. The highest BCUT2D eigenvalue weighted by molar-refractivity contribution is 6.31. The van der Waals surface area contributed by atoms with Gasteiger partial charge in [-0.25, -0.2) is 4.68 Å². The lowest BCUT2D eigenvalue weighted by Gasteiger charge is -2.15. The lowest BCUT2D eigenvalue weighted by molar-refractivity contribution is -0.152. The summed E-state index contributed by atoms with van der Waals surface area (Å²) in [6.07, 6.45) is -1.18. The van der Waals surface area contributed by atoms with Crippen LogP contribution in [0.1, 0.15) is 18.2 Å². The molecule has 0 radical (unpaired) electrons. The molecule has 150 valence electrons. The molecule has 29 heavy (non-hydrogen) atoms. The van der Waals surface area contributed by atoms with Crippen LogP contribution in [0.3, 0.4) is 0 Å². The molecular formula is C21H20ClN3O4. The monoisotopic (exact) mass is 413 g/mol. The third-order valence-electron chi connectivity index (χ3n) is 4.48. The SMILES string of the molecule is Cc1ccc(Cl)cc1NC(=O)[C@H](C)OC(=O)Cc1nn(C)c(=O)c2ccccc12. The molecule has 0 spiro atoms. The topological polar surface area (TPSA) is 90.3 Å². The predicted octanol–water partition coefficient (Wildman–Crippen LogP) is 3.01. The van der Waals surface area contributed by atoms with Crippen LogP contribution in [-0.2, 0) is 27.8 Å². The van der Waals surface area contributed by atoms with Gasteiger partial charge < -0.3 is 10.1 Å². The van der Waals surface area contributed by atoms with Crippen molar-refractivity contribution in [3.63, 3.8) is 0 Å². The average Bonchev–Trinajstić information content (AvgIpc) is 2.68. The minimum Gasteiger partial charge on any atom is -0.452 e. The van der Waals surface area contributed by atoms with Crippen molar-refractivity contribution in [1.82, 2.24) is 9.78 Å². The Bertz CT molecular complexity index is 1160. The lowest BCUT2D eigenvalue weighted by Crippen LogP contribution is -2.31. The average molecular weight is 414 g/mol. The van der Waals surface area contributed by atoms with E-state index in [0.717, 1.165) is 5.56 Å². The Morgan fingerprint density at radius 3 is 2.62 bits per heavy atom. The molecule has 1 heterocycles. The minimum absolute atomic E-state index is 0.164. The molecule has 0 aliphatic heterocycles. The molecule has 0 unspecified atom stereocenters. The highest BCUT2D eigenvalue weighted by Crippen LogP contribution is 2.20. The molecular weight excluding hydrogens is 394 g/mol. The minimum atomic E-state index is -1.01. The van der Waals surface area contributed by atoms with Crippen molar-refractivity contribution in [1.29, 1.82) is 0 Å². The van der Waals surface area contributed by atoms with Gasteiger partial charge in [0.05, 0.1) is 17.5 Å². The Labute approximate surface area is 172 Å². The first kappa shape index (κ1) is 20.5. The number of fused-ring (bicyclic) bond motifs is 1. The number of ether oxygens (including phenoxy) is 1. The van der Waals surface area contributed by atoms with Gasteiger partial charge in [-0.05, 0) is 37.6 Å². The summed E-state index contributed by atoms with van der Waals surface area (Å²) in [6.45, 7) is 3.32. The van der Waals surface area contributed by atoms with Gasteiger partial charge in [0.15, 0.2) is 6.10 Å². The summed E-state index contributed by atoms with van der Waals surface area (Å²) in [5.74, 6) is -1.09. The first-order valence-electron chi connectivity index (χ1n) is 8.97. The normalized spacial score (nSPS) is 11.9. The number of nitrogens with one attached hydrogen (secondary N) is 1. The quantitative estimate of drug-likeness (QED) is 0.649. The fraction of sp³-hybridized carbons (Fsp3) is 0.238. The summed E-state index contributed by atoms with van der Waals surface area (Å²) in [7, 11) is 1.52. The number of hydrogen-bond donors (Lipinski definition) is 1. The number of rotatable bonds is 5. The molecule has 0 aliphatic carbocycles. The van der Waals surface area contributed by atoms with Crippen molar-refractivity contribution >= 4 is 39.9 Å². The van der Waals surface area contributed by atoms with E-state index in [9.17, 15) is 14.4 Å². The molecule has 2 aromatic carbocycles. The summed E-state index contributed by atoms with van der Waals surface area (Å²) in [4.78, 5) is 37.0. The lowest BCUT2D eigenvalue weighted by atomic mass is 10.1. The second kappa shape index (κ2) is 8.45. The molecule has 0 saturated carbocycles. The van der Waals surface area contributed by atoms with Gasteiger partial charge in [0.2, 0.25) is 0 Å². The fourth-order valence-corrected chi connectivity index (χ4v) is 3.07. The number of hydrogen-bond acceptors (Lipinski definition) is 5. The van der Waals surface area contributed by atoms with Crippen molar-refractivity contribution in [2.24, 2.45) is 7.05 Å². The first-order valence-corrected chi connectivity index (χ1v) is 9.35. The highest BCUT2D eigenvalue weighted by atomic mass is 35.5. The van der Waals surface area contributed by atoms with E-state index in [4.69, 9.17) is 16.3 Å². The van der Waals surface area contributed by atoms with Crippen LogP contribution in [0, 0.1) is 6.92 Å². The van der Waals surface area contributed by atoms with E-state index in [2.05, 4.69) is 10.4 Å². The van der Waals surface area contributed by atoms with Gasteiger partial charge in [-0.1, -0.05) is 35.9 Å². The maximum Gasteiger partial charge on any atom is 0.312 e. The van der Waals surface area contributed by atoms with Crippen LogP contribution in [0.2, 0.25) is 5.02 Å². The van der Waals surface area contributed by atoms with Crippen molar-refractivity contribution in [3.8, 4) is 0 Å². The molecule has 1 aromatic heterocycles. The highest BCUT2D eigenvalue weighted by Gasteiger charge is 2.20. The van der Waals surface area contributed by atoms with Crippen molar-refractivity contribution < 1.29 is 14.3 Å². The van der Waals surface area contributed by atoms with Crippen LogP contribution >= 0.6 is 11.6 Å². The molecule has 0 aliphatic rings. The Morgan fingerprint density at radius 2 is 1.90 bits per heavy atom. The third-order valence-corrected chi connectivity index (χ3v) is 4.71. The number of carbonyl (C=O) groups excluding carboxylic acids is 2. The van der Waals surface area contributed by atoms with Gasteiger partial charge in [-0.15, -0.1) is 0 Å². The van der Waals surface area contributed by atoms with Crippen molar-refractivity contribution in [3.05, 3.63) is 69.1 Å². The second-order valence-corrected chi connectivity index (χ2v) is 7.11. The molecule has 3 aromatic rings. The number of anilines is 1. The second-order valence-electron chi connectivity index (χ2n) is 6.68. The molecule has 1 N–H and O–H groups in total. The van der Waals surface area contributed by atoms with Crippen LogP contribution in [0.5, 0.6) is 0 Å². The number of aryl methyl sites for hydroxylation is 2. The van der Waals surface area contributed by atoms with E-state index >= 15 is 0 Å². The summed E-state index contributed by atoms with van der Waals surface area (Å²) >= 11 is 5.96. The summed E-state index contributed by atoms with van der Waals surface area (Å²) < 4.78 is 6.45. The van der Waals surface area contributed by atoms with E-state index in [1.54, 1.807) is 42.5 Å². The number of halogens is 1. The fourth-order valence-electron chi connectivity index (χ4n) is 2.90. The largest absolute Gasteiger partial charge is 0.452 e. The van der Waals surface area contributed by atoms with Gasteiger partial charge in [0.25, 0.3) is 11.5 Å². The molecule has 3 rings (SSSR count). The standard InChI is InChI=1S/C21H20ClN3O4/c1-12-8-9-14(22)10-17(12)23-20(27)13(2)29-19(26)11-18-15-6-4-5-7-16(15)21(28)25(3)24-18/h4-10,13H,11H2,1-3H3,(H,23,27)/t13-/m0/s1. The van der Waals surface area contributed by atoms with Crippen LogP contribution < -0.4 is 10.9 Å². The van der Waals surface area contributed by atoms with Gasteiger partial charge in [0, 0.05) is 23.1 Å². The molecule has 0 saturated heterocycles. The van der Waals surface area contributed by atoms with Gasteiger partial charge >= 0.3 is 5.97 Å². The zero-order valence-corrected chi connectivity index (χ0v) is 17.0. The summed E-state index contributed by atoms with van der Waals surface area (Å²) in [5.41, 5.74) is 1.55. The van der Waals surface area contributed by atoms with Crippen LogP contribution in [0.4, 0.5) is 5.69 Å². The number of aromatic nitrogens is 2. The van der Waals surface area contributed by atoms with Crippen molar-refractivity contribution in [2.75, 3.05) is 5.32 Å². The van der Waals surface area contributed by atoms with E-state index in [-0.39, 0.29) is 12.0 Å². The van der Waals surface area contributed by atoms with Crippen LogP contribution in [-0.4, -0.2) is 27.8 Å². The van der Waals surface area contributed by atoms with Crippen LogP contribution in [0.25, 0.3) is 10.8 Å². The zero-order valence-electron chi connectivity index (χ0n) is 16.2. The third kappa shape index (κ3) is 4.63. The van der Waals surface area contributed by atoms with E-state index in [1.807, 2.05) is 6.92 Å². The molecule has 1 amide bonds. The molecule has 0 fully saturated rings. The van der Waals surface area contributed by atoms with Gasteiger partial charge in [0.1, 0.15) is 0 Å². The molecule has 0 bridgehead atoms. The van der Waals surface area contributed by atoms with Crippen molar-refractivity contribution in [2.45, 2.75) is 26.4 Å². The predicted molar refractivity (Wildman–Crippen MR) is 111 cm³/mol. The summed E-state index contributed by atoms with van der Waals surface area (Å²) in [5, 5.41) is 8.41. The number of esters is 1. The molecule has 8 heteroatoms. The number of benzene rings is 2. The maximum absolute atomic E-state index is 12.4. The van der Waals surface area contributed by atoms with Crippen LogP contribution in [0.15, 0.2) is 47.3 Å². The first-order chi connectivity index (χ1) is 13.8. The molecule has 1 atom stereocenters. The number of nitrogens with zero attached hydrogens (tertiary/aromatic N) is 2. The Morgan fingerprint density at radius 1 is 1.21 bits per heavy atom. The summed E-state index contributed by atoms with van der Waals surface area (Å²) in [6, 6.07) is 12.1. The van der Waals surface area contributed by atoms with E-state index in [1.165, 1.54) is 18.7 Å². The smallest absolute Gasteiger partial charge is 0.312 e. The maximum atomic E-state index is 12.4. The van der Waals surface area contributed by atoms with Gasteiger partial charge in [-0.2, -0.15) is 5.10 Å². The van der Waals surface area contributed by atoms with Gasteiger partial charge in [-0.3, -0.25) is 14.4 Å². The Balaban J connectivity index is 1.71. The Kier molecular flexibility index (Phi) is 5.98. The Hall–Kier alpha value is -3.19. The van der Waals surface area contributed by atoms with E-state index in [0.29, 0.717) is 27.2 Å².